The van der Waals surface area contributed by atoms with Crippen LogP contribution in [0.2, 0.25) is 0 Å². The number of hydrogen-bond donors (Lipinski definition) is 1. The first-order chi connectivity index (χ1) is 16.4. The number of amides is 4. The second kappa shape index (κ2) is 10.1. The van der Waals surface area contributed by atoms with Crippen molar-refractivity contribution >= 4 is 17.8 Å². The summed E-state index contributed by atoms with van der Waals surface area (Å²) in [5.74, 6) is -0.560. The molecule has 34 heavy (non-hydrogen) atoms. The number of aryl methyl sites for hydroxylation is 1. The van der Waals surface area contributed by atoms with Crippen LogP contribution >= 0.6 is 0 Å². The number of carbonyl (C=O) groups is 3. The second-order valence-electron chi connectivity index (χ2n) is 9.10. The van der Waals surface area contributed by atoms with E-state index < -0.39 is 11.6 Å². The number of nitrogens with zero attached hydrogens (tertiary/aromatic N) is 4. The number of rotatable bonds is 7. The zero-order valence-corrected chi connectivity index (χ0v) is 19.4. The minimum atomic E-state index is -1.01. The maximum Gasteiger partial charge on any atom is 0.325 e. The summed E-state index contributed by atoms with van der Waals surface area (Å²) in [7, 11) is 0. The lowest BCUT2D eigenvalue weighted by molar-refractivity contribution is -0.139. The van der Waals surface area contributed by atoms with Gasteiger partial charge in [0.05, 0.1) is 11.6 Å². The molecule has 0 aliphatic carbocycles. The third kappa shape index (κ3) is 5.26. The predicted molar refractivity (Wildman–Crippen MR) is 126 cm³/mol. The van der Waals surface area contributed by atoms with Crippen molar-refractivity contribution in [3.63, 3.8) is 0 Å². The van der Waals surface area contributed by atoms with E-state index in [1.807, 2.05) is 42.5 Å². The summed E-state index contributed by atoms with van der Waals surface area (Å²) in [4.78, 5) is 43.4. The van der Waals surface area contributed by atoms with Gasteiger partial charge in [0.1, 0.15) is 12.1 Å². The molecule has 8 nitrogen and oxygen atoms in total. The smallest absolute Gasteiger partial charge is 0.325 e. The lowest BCUT2D eigenvalue weighted by Crippen LogP contribution is -2.52. The number of urea groups is 1. The monoisotopic (exact) mass is 459 g/mol. The zero-order chi connectivity index (χ0) is 24.1. The molecular weight excluding hydrogens is 430 g/mol. The molecule has 2 fully saturated rings. The molecule has 2 heterocycles. The molecular formula is C26H29N5O3. The van der Waals surface area contributed by atoms with Gasteiger partial charge < -0.3 is 10.2 Å². The van der Waals surface area contributed by atoms with Crippen LogP contribution in [0.3, 0.4) is 0 Å². The average Bonchev–Trinajstić information content (AvgIpc) is 3.07. The SMILES string of the molecule is C[C@]1(CCc2ccccc2)NC(=O)N(CC(=O)N2CCN(Cc3ccc(C#N)cc3)CC2)C1=O. The summed E-state index contributed by atoms with van der Waals surface area (Å²) >= 11 is 0. The van der Waals surface area contributed by atoms with Gasteiger partial charge in [-0.2, -0.15) is 5.26 Å². The fourth-order valence-electron chi connectivity index (χ4n) is 4.43. The number of hydrogen-bond acceptors (Lipinski definition) is 5. The van der Waals surface area contributed by atoms with E-state index >= 15 is 0 Å². The number of nitriles is 1. The van der Waals surface area contributed by atoms with Gasteiger partial charge >= 0.3 is 6.03 Å². The van der Waals surface area contributed by atoms with E-state index in [4.69, 9.17) is 5.26 Å². The molecule has 176 valence electrons. The molecule has 2 aliphatic rings. The van der Waals surface area contributed by atoms with Gasteiger partial charge in [0.25, 0.3) is 5.91 Å². The van der Waals surface area contributed by atoms with Crippen LogP contribution in [0, 0.1) is 11.3 Å². The van der Waals surface area contributed by atoms with Crippen LogP contribution in [-0.2, 0) is 22.6 Å². The van der Waals surface area contributed by atoms with E-state index in [-0.39, 0.29) is 18.4 Å². The molecule has 4 rings (SSSR count). The first kappa shape index (κ1) is 23.5. The Bertz CT molecular complexity index is 1090. The molecule has 4 amide bonds. The van der Waals surface area contributed by atoms with Crippen molar-refractivity contribution in [3.05, 3.63) is 71.3 Å². The van der Waals surface area contributed by atoms with E-state index in [0.29, 0.717) is 44.6 Å². The number of piperazine rings is 1. The Morgan fingerprint density at radius 1 is 1.00 bits per heavy atom. The topological polar surface area (TPSA) is 96.8 Å². The molecule has 2 aromatic carbocycles. The van der Waals surface area contributed by atoms with Crippen LogP contribution in [0.4, 0.5) is 4.79 Å². The normalized spacial score (nSPS) is 20.8. The molecule has 1 atom stereocenters. The number of benzene rings is 2. The maximum absolute atomic E-state index is 13.0. The molecule has 0 radical (unpaired) electrons. The molecule has 8 heteroatoms. The zero-order valence-electron chi connectivity index (χ0n) is 19.4. The molecule has 2 aromatic rings. The molecule has 0 saturated carbocycles. The van der Waals surface area contributed by atoms with Crippen molar-refractivity contribution in [2.75, 3.05) is 32.7 Å². The molecule has 0 bridgehead atoms. The summed E-state index contributed by atoms with van der Waals surface area (Å²) in [5.41, 5.74) is 1.84. The van der Waals surface area contributed by atoms with Crippen molar-refractivity contribution in [3.8, 4) is 6.07 Å². The number of imide groups is 1. The van der Waals surface area contributed by atoms with Crippen molar-refractivity contribution in [2.45, 2.75) is 31.8 Å². The molecule has 0 unspecified atom stereocenters. The van der Waals surface area contributed by atoms with Crippen molar-refractivity contribution < 1.29 is 14.4 Å². The lowest BCUT2D eigenvalue weighted by Gasteiger charge is -2.35. The van der Waals surface area contributed by atoms with Gasteiger partial charge in [-0.3, -0.25) is 19.4 Å². The van der Waals surface area contributed by atoms with Gasteiger partial charge in [-0.05, 0) is 43.0 Å². The summed E-state index contributed by atoms with van der Waals surface area (Å²) in [6.07, 6.45) is 1.13. The van der Waals surface area contributed by atoms with Gasteiger partial charge in [0.2, 0.25) is 5.91 Å². The Balaban J connectivity index is 1.27. The molecule has 0 aromatic heterocycles. The fourth-order valence-corrected chi connectivity index (χ4v) is 4.43. The van der Waals surface area contributed by atoms with Crippen LogP contribution in [0.25, 0.3) is 0 Å². The van der Waals surface area contributed by atoms with Crippen LogP contribution in [0.15, 0.2) is 54.6 Å². The first-order valence-corrected chi connectivity index (χ1v) is 11.6. The highest BCUT2D eigenvalue weighted by atomic mass is 16.2. The predicted octanol–water partition coefficient (Wildman–Crippen LogP) is 2.15. The van der Waals surface area contributed by atoms with Crippen molar-refractivity contribution in [1.29, 1.82) is 5.26 Å². The first-order valence-electron chi connectivity index (χ1n) is 11.6. The minimum Gasteiger partial charge on any atom is -0.339 e. The van der Waals surface area contributed by atoms with Gasteiger partial charge in [0.15, 0.2) is 0 Å². The molecule has 1 N–H and O–H groups in total. The Hall–Kier alpha value is -3.70. The second-order valence-corrected chi connectivity index (χ2v) is 9.10. The third-order valence-electron chi connectivity index (χ3n) is 6.61. The van der Waals surface area contributed by atoms with Crippen molar-refractivity contribution in [2.24, 2.45) is 0 Å². The van der Waals surface area contributed by atoms with E-state index in [2.05, 4.69) is 16.3 Å². The van der Waals surface area contributed by atoms with Gasteiger partial charge in [-0.25, -0.2) is 4.79 Å². The van der Waals surface area contributed by atoms with E-state index in [9.17, 15) is 14.4 Å². The molecule has 0 spiro atoms. The van der Waals surface area contributed by atoms with Crippen molar-refractivity contribution in [1.82, 2.24) is 20.0 Å². The summed E-state index contributed by atoms with van der Waals surface area (Å²) in [6.45, 7) is 4.75. The Morgan fingerprint density at radius 3 is 2.32 bits per heavy atom. The quantitative estimate of drug-likeness (QED) is 0.640. The van der Waals surface area contributed by atoms with Crippen LogP contribution in [0.5, 0.6) is 0 Å². The standard InChI is InChI=1S/C26H29N5O3/c1-26(12-11-20-5-3-2-4-6-20)24(33)31(25(34)28-26)19-23(32)30-15-13-29(14-16-30)18-22-9-7-21(17-27)8-10-22/h2-10H,11-16,18-19H2,1H3,(H,28,34)/t26-/m1/s1. The molecule has 2 aliphatic heterocycles. The Morgan fingerprint density at radius 2 is 1.68 bits per heavy atom. The van der Waals surface area contributed by atoms with Gasteiger partial charge in [0, 0.05) is 32.7 Å². The summed E-state index contributed by atoms with van der Waals surface area (Å²) < 4.78 is 0. The van der Waals surface area contributed by atoms with Gasteiger partial charge in [-0.1, -0.05) is 42.5 Å². The highest BCUT2D eigenvalue weighted by Gasteiger charge is 2.48. The fraction of sp³-hybridized carbons (Fsp3) is 0.385. The molecule has 2 saturated heterocycles. The van der Waals surface area contributed by atoms with Gasteiger partial charge in [-0.15, -0.1) is 0 Å². The number of nitrogens with one attached hydrogen (secondary N) is 1. The largest absolute Gasteiger partial charge is 0.339 e. The van der Waals surface area contributed by atoms with E-state index in [1.54, 1.807) is 24.0 Å². The summed E-state index contributed by atoms with van der Waals surface area (Å²) in [6, 6.07) is 18.9. The lowest BCUT2D eigenvalue weighted by atomic mass is 9.93. The minimum absolute atomic E-state index is 0.214. The van der Waals surface area contributed by atoms with E-state index in [0.717, 1.165) is 22.6 Å². The average molecular weight is 460 g/mol. The van der Waals surface area contributed by atoms with Crippen LogP contribution in [0.1, 0.15) is 30.0 Å². The third-order valence-corrected chi connectivity index (χ3v) is 6.61. The maximum atomic E-state index is 13.0. The van der Waals surface area contributed by atoms with Crippen LogP contribution < -0.4 is 5.32 Å². The van der Waals surface area contributed by atoms with E-state index in [1.165, 1.54) is 0 Å². The number of carbonyl (C=O) groups excluding carboxylic acids is 3. The Labute approximate surface area is 199 Å². The highest BCUT2D eigenvalue weighted by molar-refractivity contribution is 6.08. The Kier molecular flexibility index (Phi) is 6.94. The highest BCUT2D eigenvalue weighted by Crippen LogP contribution is 2.23. The van der Waals surface area contributed by atoms with Crippen LogP contribution in [-0.4, -0.2) is 70.8 Å². The summed E-state index contributed by atoms with van der Waals surface area (Å²) in [5, 5.41) is 11.7.